The Bertz CT molecular complexity index is 474. The summed E-state index contributed by atoms with van der Waals surface area (Å²) in [6.07, 6.45) is -0.683. The zero-order valence-corrected chi connectivity index (χ0v) is 17.8. The summed E-state index contributed by atoms with van der Waals surface area (Å²) in [5.74, 6) is -1.10. The Morgan fingerprint density at radius 2 is 1.07 bits per heavy atom. The average Bonchev–Trinajstić information content (AvgIpc) is 2.70. The molecular weight excluding hydrogens is 400 g/mol. The maximum atomic E-state index is 11.2. The Kier molecular flexibility index (Phi) is 16.9. The van der Waals surface area contributed by atoms with Gasteiger partial charge in [-0.25, -0.2) is 19.4 Å². The maximum Gasteiger partial charge on any atom is 0.333 e. The van der Waals surface area contributed by atoms with Crippen LogP contribution >= 0.6 is 0 Å². The van der Waals surface area contributed by atoms with Gasteiger partial charge >= 0.3 is 11.9 Å². The second-order valence-electron chi connectivity index (χ2n) is 6.57. The van der Waals surface area contributed by atoms with Crippen LogP contribution in [-0.2, 0) is 38.3 Å². The molecule has 0 aromatic rings. The molecule has 0 spiro atoms. The van der Waals surface area contributed by atoms with Crippen LogP contribution < -0.4 is 0 Å². The summed E-state index contributed by atoms with van der Waals surface area (Å²) in [6.45, 7) is 11.1. The number of aliphatic hydroxyl groups excluding tert-OH is 2. The van der Waals surface area contributed by atoms with Crippen LogP contribution in [0.1, 0.15) is 26.7 Å². The van der Waals surface area contributed by atoms with E-state index in [1.54, 1.807) is 0 Å². The summed E-state index contributed by atoms with van der Waals surface area (Å²) >= 11 is 0. The lowest BCUT2D eigenvalue weighted by molar-refractivity contribution is -0.297. The third-order valence-corrected chi connectivity index (χ3v) is 3.25. The molecule has 0 saturated heterocycles. The van der Waals surface area contributed by atoms with Crippen molar-refractivity contribution in [1.29, 1.82) is 0 Å². The summed E-state index contributed by atoms with van der Waals surface area (Å²) in [4.78, 5) is 32.3. The van der Waals surface area contributed by atoms with Crippen molar-refractivity contribution in [3.8, 4) is 0 Å². The van der Waals surface area contributed by atoms with Crippen molar-refractivity contribution < 1.29 is 48.5 Å². The summed E-state index contributed by atoms with van der Waals surface area (Å²) in [5, 5.41) is 19.2. The van der Waals surface area contributed by atoms with Crippen LogP contribution in [0.3, 0.4) is 0 Å². The molecule has 2 atom stereocenters. The Morgan fingerprint density at radius 1 is 0.700 bits per heavy atom. The minimum Gasteiger partial charge on any atom is -0.460 e. The van der Waals surface area contributed by atoms with Gasteiger partial charge in [0.1, 0.15) is 25.4 Å². The van der Waals surface area contributed by atoms with Gasteiger partial charge in [-0.15, -0.1) is 0 Å². The first-order valence-corrected chi connectivity index (χ1v) is 9.65. The smallest absolute Gasteiger partial charge is 0.333 e. The molecule has 174 valence electrons. The van der Waals surface area contributed by atoms with Crippen LogP contribution in [0.5, 0.6) is 0 Å². The zero-order valence-electron chi connectivity index (χ0n) is 17.8. The van der Waals surface area contributed by atoms with Crippen molar-refractivity contribution >= 4 is 11.9 Å². The first kappa shape index (κ1) is 28.2. The quantitative estimate of drug-likeness (QED) is 0.0985. The van der Waals surface area contributed by atoms with Gasteiger partial charge in [-0.2, -0.15) is 0 Å². The molecule has 0 aliphatic rings. The minimum atomic E-state index is -0.901. The van der Waals surface area contributed by atoms with Gasteiger partial charge in [-0.05, 0) is 26.7 Å². The average molecular weight is 434 g/mol. The van der Waals surface area contributed by atoms with E-state index in [2.05, 4.69) is 13.2 Å². The second-order valence-corrected chi connectivity index (χ2v) is 6.57. The molecule has 0 aromatic carbocycles. The summed E-state index contributed by atoms with van der Waals surface area (Å²) in [7, 11) is 0. The Morgan fingerprint density at radius 3 is 1.40 bits per heavy atom. The monoisotopic (exact) mass is 434 g/mol. The lowest BCUT2D eigenvalue weighted by Crippen LogP contribution is -2.24. The van der Waals surface area contributed by atoms with Crippen LogP contribution in [-0.4, -0.2) is 87.2 Å². The fourth-order valence-corrected chi connectivity index (χ4v) is 1.68. The van der Waals surface area contributed by atoms with Gasteiger partial charge in [0.15, 0.2) is 0 Å². The highest BCUT2D eigenvalue weighted by Crippen LogP contribution is 1.97. The highest BCUT2D eigenvalue weighted by molar-refractivity contribution is 5.87. The van der Waals surface area contributed by atoms with Crippen molar-refractivity contribution in [2.45, 2.75) is 38.9 Å². The van der Waals surface area contributed by atoms with E-state index in [-0.39, 0.29) is 37.6 Å². The van der Waals surface area contributed by atoms with Gasteiger partial charge in [0.25, 0.3) is 0 Å². The number of carbonyl (C=O) groups is 2. The normalized spacial score (nSPS) is 12.8. The molecule has 0 rings (SSSR count). The van der Waals surface area contributed by atoms with E-state index in [1.807, 2.05) is 0 Å². The van der Waals surface area contributed by atoms with Crippen molar-refractivity contribution in [3.63, 3.8) is 0 Å². The SMILES string of the molecule is C=C(C)C(=O)OCC(O)COCCCOOCCCOCC(O)COC(=O)C(=C)C. The zero-order chi connectivity index (χ0) is 22.8. The highest BCUT2D eigenvalue weighted by Gasteiger charge is 2.10. The third kappa shape index (κ3) is 17.1. The molecule has 0 heterocycles. The molecule has 10 nitrogen and oxygen atoms in total. The molecule has 0 aliphatic carbocycles. The second kappa shape index (κ2) is 18.0. The number of rotatable bonds is 19. The summed E-state index contributed by atoms with van der Waals surface area (Å²) in [5.41, 5.74) is 0.539. The largest absolute Gasteiger partial charge is 0.460 e. The molecule has 0 fully saturated rings. The lowest BCUT2D eigenvalue weighted by Gasteiger charge is -2.12. The highest BCUT2D eigenvalue weighted by atomic mass is 17.2. The third-order valence-electron chi connectivity index (χ3n) is 3.25. The van der Waals surface area contributed by atoms with E-state index in [0.717, 1.165) is 0 Å². The topological polar surface area (TPSA) is 130 Å². The predicted octanol–water partition coefficient (Wildman–Crippen LogP) is 0.708. The van der Waals surface area contributed by atoms with Crippen molar-refractivity contribution in [3.05, 3.63) is 24.3 Å². The molecule has 30 heavy (non-hydrogen) atoms. The number of hydrogen-bond acceptors (Lipinski definition) is 10. The fourth-order valence-electron chi connectivity index (χ4n) is 1.68. The Hall–Kier alpha value is -1.82. The Labute approximate surface area is 177 Å². The standard InChI is InChI=1S/C20H34O10/c1-15(2)19(23)27-13-17(21)11-25-7-5-9-29-30-10-6-8-26-12-18(22)14-28-20(24)16(3)4/h17-18,21-22H,1,3,5-14H2,2,4H3. The van der Waals surface area contributed by atoms with E-state index in [9.17, 15) is 19.8 Å². The number of aliphatic hydroxyl groups is 2. The van der Waals surface area contributed by atoms with E-state index in [4.69, 9.17) is 28.7 Å². The van der Waals surface area contributed by atoms with E-state index < -0.39 is 24.1 Å². The van der Waals surface area contributed by atoms with Crippen LogP contribution in [0, 0.1) is 0 Å². The number of ether oxygens (including phenoxy) is 4. The molecule has 10 heteroatoms. The lowest BCUT2D eigenvalue weighted by atomic mass is 10.3. The maximum absolute atomic E-state index is 11.2. The fraction of sp³-hybridized carbons (Fsp3) is 0.700. The first-order chi connectivity index (χ1) is 14.2. The predicted molar refractivity (Wildman–Crippen MR) is 106 cm³/mol. The van der Waals surface area contributed by atoms with Crippen LogP contribution in [0.25, 0.3) is 0 Å². The van der Waals surface area contributed by atoms with Gasteiger partial charge in [0.2, 0.25) is 0 Å². The molecule has 0 aliphatic heterocycles. The van der Waals surface area contributed by atoms with Crippen LogP contribution in [0.2, 0.25) is 0 Å². The molecule has 0 amide bonds. The molecule has 0 aromatic heterocycles. The summed E-state index contributed by atoms with van der Waals surface area (Å²) in [6, 6.07) is 0. The minimum absolute atomic E-state index is 0.0416. The van der Waals surface area contributed by atoms with Crippen molar-refractivity contribution in [1.82, 2.24) is 0 Å². The first-order valence-electron chi connectivity index (χ1n) is 9.65. The van der Waals surface area contributed by atoms with Crippen molar-refractivity contribution in [2.75, 3.05) is 52.9 Å². The van der Waals surface area contributed by atoms with Gasteiger partial charge in [-0.1, -0.05) is 13.2 Å². The van der Waals surface area contributed by atoms with E-state index in [0.29, 0.717) is 39.3 Å². The molecule has 0 bridgehead atoms. The van der Waals surface area contributed by atoms with Crippen LogP contribution in [0.15, 0.2) is 24.3 Å². The van der Waals surface area contributed by atoms with Crippen molar-refractivity contribution in [2.24, 2.45) is 0 Å². The Balaban J connectivity index is 3.36. The summed E-state index contributed by atoms with van der Waals surface area (Å²) < 4.78 is 20.1. The van der Waals surface area contributed by atoms with E-state index in [1.165, 1.54) is 13.8 Å². The molecule has 2 N–H and O–H groups in total. The number of hydrogen-bond donors (Lipinski definition) is 2. The van der Waals surface area contributed by atoms with E-state index >= 15 is 0 Å². The molecule has 2 unspecified atom stereocenters. The van der Waals surface area contributed by atoms with Gasteiger partial charge < -0.3 is 29.2 Å². The molecule has 0 saturated carbocycles. The molecular formula is C20H34O10. The number of esters is 2. The molecule has 0 radical (unpaired) electrons. The van der Waals surface area contributed by atoms with Crippen LogP contribution in [0.4, 0.5) is 0 Å². The van der Waals surface area contributed by atoms with Gasteiger partial charge in [0, 0.05) is 24.4 Å². The van der Waals surface area contributed by atoms with Gasteiger partial charge in [-0.3, -0.25) is 0 Å². The number of carbonyl (C=O) groups excluding carboxylic acids is 2. The van der Waals surface area contributed by atoms with Gasteiger partial charge in [0.05, 0.1) is 26.4 Å².